The quantitative estimate of drug-likeness (QED) is 0.365. The number of benzene rings is 1. The molecule has 0 amide bonds. The van der Waals surface area contributed by atoms with E-state index in [1.165, 1.54) is 36.3 Å². The van der Waals surface area contributed by atoms with Crippen molar-refractivity contribution in [3.05, 3.63) is 29.8 Å². The lowest BCUT2D eigenvalue weighted by Gasteiger charge is -2.05. The first-order chi connectivity index (χ1) is 8.65. The Kier molecular flexibility index (Phi) is 7.11. The van der Waals surface area contributed by atoms with Gasteiger partial charge in [0.15, 0.2) is 5.78 Å². The number of thioether (sulfide) groups is 1. The zero-order chi connectivity index (χ0) is 13.4. The average molecular weight is 264 g/mol. The highest BCUT2D eigenvalue weighted by atomic mass is 32.2. The number of carbonyl (C=O) groups is 1. The van der Waals surface area contributed by atoms with Crippen molar-refractivity contribution in [3.63, 3.8) is 0 Å². The van der Waals surface area contributed by atoms with Crippen LogP contribution in [0.15, 0.2) is 29.2 Å². The molecule has 0 saturated carbocycles. The topological polar surface area (TPSA) is 17.1 Å². The summed E-state index contributed by atoms with van der Waals surface area (Å²) in [6, 6.07) is 8.05. The summed E-state index contributed by atoms with van der Waals surface area (Å²) in [6.07, 6.45) is 5.23. The van der Waals surface area contributed by atoms with Gasteiger partial charge in [-0.2, -0.15) is 0 Å². The summed E-state index contributed by atoms with van der Waals surface area (Å²) in [6.45, 7) is 6.12. The zero-order valence-electron chi connectivity index (χ0n) is 11.7. The highest BCUT2D eigenvalue weighted by Crippen LogP contribution is 2.21. The molecule has 0 N–H and O–H groups in total. The summed E-state index contributed by atoms with van der Waals surface area (Å²) in [4.78, 5) is 13.1. The van der Waals surface area contributed by atoms with Gasteiger partial charge in [-0.25, -0.2) is 0 Å². The molecule has 100 valence electrons. The maximum atomic E-state index is 11.8. The van der Waals surface area contributed by atoms with Crippen molar-refractivity contribution in [2.45, 2.75) is 51.3 Å². The molecule has 0 radical (unpaired) electrons. The molecule has 0 unspecified atom stereocenters. The van der Waals surface area contributed by atoms with Crippen LogP contribution in [0.2, 0.25) is 0 Å². The van der Waals surface area contributed by atoms with Crippen molar-refractivity contribution < 1.29 is 4.79 Å². The van der Waals surface area contributed by atoms with E-state index in [4.69, 9.17) is 0 Å². The lowest BCUT2D eigenvalue weighted by molar-refractivity contribution is 0.0939. The van der Waals surface area contributed by atoms with Gasteiger partial charge in [-0.05, 0) is 24.3 Å². The van der Waals surface area contributed by atoms with E-state index in [2.05, 4.69) is 19.1 Å². The van der Waals surface area contributed by atoms with E-state index in [0.29, 0.717) is 0 Å². The standard InChI is InChI=1S/C16H24OS/c1-4-5-6-7-12-18-15-10-8-14(9-11-15)16(17)13(2)3/h8-11,13H,4-7,12H2,1-3H3. The van der Waals surface area contributed by atoms with Gasteiger partial charge in [0, 0.05) is 16.4 Å². The van der Waals surface area contributed by atoms with Gasteiger partial charge >= 0.3 is 0 Å². The first-order valence-electron chi connectivity index (χ1n) is 6.92. The van der Waals surface area contributed by atoms with Crippen molar-refractivity contribution in [1.29, 1.82) is 0 Å². The molecule has 1 rings (SSSR count). The van der Waals surface area contributed by atoms with Gasteiger partial charge in [-0.3, -0.25) is 4.79 Å². The molecule has 0 aliphatic heterocycles. The fraction of sp³-hybridized carbons (Fsp3) is 0.562. The molecule has 18 heavy (non-hydrogen) atoms. The van der Waals surface area contributed by atoms with Gasteiger partial charge in [-0.1, -0.05) is 52.2 Å². The van der Waals surface area contributed by atoms with Crippen molar-refractivity contribution in [3.8, 4) is 0 Å². The summed E-state index contributed by atoms with van der Waals surface area (Å²) in [5.74, 6) is 1.49. The molecule has 0 aliphatic rings. The highest BCUT2D eigenvalue weighted by Gasteiger charge is 2.09. The molecule has 1 aromatic rings. The van der Waals surface area contributed by atoms with E-state index < -0.39 is 0 Å². The van der Waals surface area contributed by atoms with Gasteiger partial charge in [0.05, 0.1) is 0 Å². The minimum absolute atomic E-state index is 0.0811. The second-order valence-electron chi connectivity index (χ2n) is 4.95. The van der Waals surface area contributed by atoms with Crippen LogP contribution < -0.4 is 0 Å². The van der Waals surface area contributed by atoms with Crippen LogP contribution in [0.25, 0.3) is 0 Å². The first-order valence-corrected chi connectivity index (χ1v) is 7.90. The maximum absolute atomic E-state index is 11.8. The normalized spacial score (nSPS) is 10.9. The smallest absolute Gasteiger partial charge is 0.165 e. The van der Waals surface area contributed by atoms with Crippen LogP contribution >= 0.6 is 11.8 Å². The van der Waals surface area contributed by atoms with E-state index in [0.717, 1.165) is 5.56 Å². The predicted octanol–water partition coefficient (Wildman–Crippen LogP) is 5.20. The van der Waals surface area contributed by atoms with Crippen molar-refractivity contribution >= 4 is 17.5 Å². The van der Waals surface area contributed by atoms with Crippen molar-refractivity contribution in [2.75, 3.05) is 5.75 Å². The SMILES string of the molecule is CCCCCCSc1ccc(C(=O)C(C)C)cc1. The summed E-state index contributed by atoms with van der Waals surface area (Å²) in [5, 5.41) is 0. The molecule has 0 spiro atoms. The summed E-state index contributed by atoms with van der Waals surface area (Å²) >= 11 is 1.89. The number of ketones is 1. The number of unbranched alkanes of at least 4 members (excludes halogenated alkanes) is 3. The minimum Gasteiger partial charge on any atom is -0.294 e. The molecule has 0 atom stereocenters. The summed E-state index contributed by atoms with van der Waals surface area (Å²) in [5.41, 5.74) is 0.834. The molecule has 1 aromatic carbocycles. The molecule has 1 nitrogen and oxygen atoms in total. The van der Waals surface area contributed by atoms with E-state index in [9.17, 15) is 4.79 Å². The van der Waals surface area contributed by atoms with Crippen LogP contribution in [0.3, 0.4) is 0 Å². The Morgan fingerprint density at radius 3 is 2.33 bits per heavy atom. The second kappa shape index (κ2) is 8.36. The van der Waals surface area contributed by atoms with Gasteiger partial charge in [-0.15, -0.1) is 11.8 Å². The third-order valence-electron chi connectivity index (χ3n) is 2.93. The fourth-order valence-corrected chi connectivity index (χ4v) is 2.68. The molecule has 2 heteroatoms. The number of rotatable bonds is 8. The maximum Gasteiger partial charge on any atom is 0.165 e. The van der Waals surface area contributed by atoms with Crippen LogP contribution in [-0.2, 0) is 0 Å². The van der Waals surface area contributed by atoms with E-state index in [-0.39, 0.29) is 11.7 Å². The fourth-order valence-electron chi connectivity index (χ4n) is 1.77. The third kappa shape index (κ3) is 5.26. The van der Waals surface area contributed by atoms with E-state index in [1.807, 2.05) is 37.7 Å². The van der Waals surface area contributed by atoms with E-state index >= 15 is 0 Å². The number of hydrogen-bond donors (Lipinski definition) is 0. The van der Waals surface area contributed by atoms with Crippen LogP contribution in [-0.4, -0.2) is 11.5 Å². The zero-order valence-corrected chi connectivity index (χ0v) is 12.6. The predicted molar refractivity (Wildman–Crippen MR) is 80.5 cm³/mol. The van der Waals surface area contributed by atoms with Crippen LogP contribution in [0.4, 0.5) is 0 Å². The summed E-state index contributed by atoms with van der Waals surface area (Å²) in [7, 11) is 0. The Labute approximate surface area is 115 Å². The molecular weight excluding hydrogens is 240 g/mol. The third-order valence-corrected chi connectivity index (χ3v) is 4.03. The van der Waals surface area contributed by atoms with Gasteiger partial charge in [0.25, 0.3) is 0 Å². The molecule has 0 fully saturated rings. The van der Waals surface area contributed by atoms with Gasteiger partial charge < -0.3 is 0 Å². The monoisotopic (exact) mass is 264 g/mol. The van der Waals surface area contributed by atoms with Crippen LogP contribution in [0.1, 0.15) is 56.8 Å². The van der Waals surface area contributed by atoms with Gasteiger partial charge in [0.1, 0.15) is 0 Å². The Bertz CT molecular complexity index is 354. The molecule has 0 saturated heterocycles. The Morgan fingerprint density at radius 1 is 1.11 bits per heavy atom. The molecule has 0 bridgehead atoms. The second-order valence-corrected chi connectivity index (χ2v) is 6.12. The number of carbonyl (C=O) groups excluding carboxylic acids is 1. The Balaban J connectivity index is 2.38. The minimum atomic E-state index is 0.0811. The Morgan fingerprint density at radius 2 is 1.78 bits per heavy atom. The van der Waals surface area contributed by atoms with Gasteiger partial charge in [0.2, 0.25) is 0 Å². The van der Waals surface area contributed by atoms with Crippen LogP contribution in [0.5, 0.6) is 0 Å². The molecular formula is C16H24OS. The average Bonchev–Trinajstić information content (AvgIpc) is 2.38. The van der Waals surface area contributed by atoms with E-state index in [1.54, 1.807) is 0 Å². The highest BCUT2D eigenvalue weighted by molar-refractivity contribution is 7.99. The number of Topliss-reactive ketones (excluding diaryl/α,β-unsaturated/α-hetero) is 1. The Hall–Kier alpha value is -0.760. The van der Waals surface area contributed by atoms with Crippen molar-refractivity contribution in [1.82, 2.24) is 0 Å². The van der Waals surface area contributed by atoms with Crippen LogP contribution in [0, 0.1) is 5.92 Å². The largest absolute Gasteiger partial charge is 0.294 e. The molecule has 0 heterocycles. The van der Waals surface area contributed by atoms with Crippen molar-refractivity contribution in [2.24, 2.45) is 5.92 Å². The molecule has 0 aromatic heterocycles. The lowest BCUT2D eigenvalue weighted by atomic mass is 10.0. The lowest BCUT2D eigenvalue weighted by Crippen LogP contribution is -2.06. The first kappa shape index (κ1) is 15.3. The molecule has 0 aliphatic carbocycles. The summed E-state index contributed by atoms with van der Waals surface area (Å²) < 4.78 is 0. The number of hydrogen-bond acceptors (Lipinski definition) is 2.